The highest BCUT2D eigenvalue weighted by Gasteiger charge is 2.25. The van der Waals surface area contributed by atoms with E-state index in [1.54, 1.807) is 35.2 Å². The summed E-state index contributed by atoms with van der Waals surface area (Å²) in [5.74, 6) is -1.48. The SMILES string of the molecule is O=C(Nc1ccccc1OC(F)F)N1CCN(CC(OCc2c(F)cccc2F)c2ccc(Cl)cc2)CC1. The molecule has 0 aliphatic carbocycles. The number of benzene rings is 3. The van der Waals surface area contributed by atoms with Gasteiger partial charge in [-0.15, -0.1) is 0 Å². The van der Waals surface area contributed by atoms with Gasteiger partial charge < -0.3 is 19.7 Å². The smallest absolute Gasteiger partial charge is 0.387 e. The lowest BCUT2D eigenvalue weighted by atomic mass is 10.1. The van der Waals surface area contributed by atoms with Crippen LogP contribution in [-0.2, 0) is 11.3 Å². The van der Waals surface area contributed by atoms with Crippen molar-refractivity contribution < 1.29 is 31.8 Å². The summed E-state index contributed by atoms with van der Waals surface area (Å²) in [5, 5.41) is 3.17. The third kappa shape index (κ3) is 7.37. The van der Waals surface area contributed by atoms with Gasteiger partial charge in [-0.2, -0.15) is 8.78 Å². The summed E-state index contributed by atoms with van der Waals surface area (Å²) in [7, 11) is 0. The molecule has 1 atom stereocenters. The van der Waals surface area contributed by atoms with Crippen LogP contribution in [-0.4, -0.2) is 55.2 Å². The lowest BCUT2D eigenvalue weighted by molar-refractivity contribution is -0.0493. The predicted molar refractivity (Wildman–Crippen MR) is 135 cm³/mol. The number of urea groups is 1. The lowest BCUT2D eigenvalue weighted by Crippen LogP contribution is -2.50. The number of hydrogen-bond donors (Lipinski definition) is 1. The van der Waals surface area contributed by atoms with Crippen LogP contribution in [0, 0.1) is 11.6 Å². The second-order valence-electron chi connectivity index (χ2n) is 8.64. The van der Waals surface area contributed by atoms with E-state index in [4.69, 9.17) is 16.3 Å². The van der Waals surface area contributed by atoms with Gasteiger partial charge in [-0.05, 0) is 42.0 Å². The monoisotopic (exact) mass is 551 g/mol. The first-order valence-electron chi connectivity index (χ1n) is 11.9. The first kappa shape index (κ1) is 27.7. The molecule has 1 saturated heterocycles. The molecule has 0 saturated carbocycles. The summed E-state index contributed by atoms with van der Waals surface area (Å²) in [4.78, 5) is 16.4. The zero-order valence-corrected chi connectivity index (χ0v) is 21.0. The molecular weight excluding hydrogens is 526 g/mol. The van der Waals surface area contributed by atoms with Gasteiger partial charge in [-0.3, -0.25) is 4.90 Å². The van der Waals surface area contributed by atoms with Crippen molar-refractivity contribution in [1.29, 1.82) is 0 Å². The number of carbonyl (C=O) groups excluding carboxylic acids is 1. The van der Waals surface area contributed by atoms with Crippen molar-refractivity contribution in [2.75, 3.05) is 38.0 Å². The summed E-state index contributed by atoms with van der Waals surface area (Å²) in [6.07, 6.45) is -0.509. The lowest BCUT2D eigenvalue weighted by Gasteiger charge is -2.36. The summed E-state index contributed by atoms with van der Waals surface area (Å²) in [6.45, 7) is -1.10. The number of alkyl halides is 2. The minimum absolute atomic E-state index is 0.122. The largest absolute Gasteiger partial charge is 0.433 e. The fraction of sp³-hybridized carbons (Fsp3) is 0.296. The zero-order chi connectivity index (χ0) is 27.1. The highest BCUT2D eigenvalue weighted by Crippen LogP contribution is 2.27. The van der Waals surface area contributed by atoms with Crippen LogP contribution in [0.15, 0.2) is 66.7 Å². The first-order chi connectivity index (χ1) is 18.3. The number of piperazine rings is 1. The van der Waals surface area contributed by atoms with Crippen molar-refractivity contribution in [2.45, 2.75) is 19.3 Å². The van der Waals surface area contributed by atoms with Crippen molar-refractivity contribution in [1.82, 2.24) is 9.80 Å². The molecule has 1 N–H and O–H groups in total. The average molecular weight is 552 g/mol. The molecule has 1 aliphatic rings. The van der Waals surface area contributed by atoms with Gasteiger partial charge in [-0.1, -0.05) is 41.9 Å². The number of anilines is 1. The summed E-state index contributed by atoms with van der Waals surface area (Å²) in [6, 6.07) is 16.2. The molecule has 1 heterocycles. The maximum absolute atomic E-state index is 14.1. The third-order valence-corrected chi connectivity index (χ3v) is 6.41. The number of rotatable bonds is 9. The molecule has 1 aliphatic heterocycles. The van der Waals surface area contributed by atoms with E-state index < -0.39 is 30.4 Å². The van der Waals surface area contributed by atoms with Gasteiger partial charge in [-0.25, -0.2) is 13.6 Å². The molecule has 202 valence electrons. The number of nitrogens with one attached hydrogen (secondary N) is 1. The standard InChI is InChI=1S/C27H26ClF4N3O3/c28-19-10-8-18(9-11-19)25(37-17-20-21(29)4-3-5-22(20)30)16-34-12-14-35(15-13-34)27(36)33-23-6-1-2-7-24(23)38-26(31)32/h1-11,25-26H,12-17H2,(H,33,36). The Kier molecular flexibility index (Phi) is 9.43. The number of hydrogen-bond acceptors (Lipinski definition) is 4. The molecule has 11 heteroatoms. The van der Waals surface area contributed by atoms with Crippen LogP contribution in [0.4, 0.5) is 28.0 Å². The second kappa shape index (κ2) is 12.9. The third-order valence-electron chi connectivity index (χ3n) is 6.16. The highest BCUT2D eigenvalue weighted by atomic mass is 35.5. The number of amides is 2. The molecule has 1 fully saturated rings. The fourth-order valence-corrected chi connectivity index (χ4v) is 4.24. The number of carbonyl (C=O) groups is 1. The van der Waals surface area contributed by atoms with Crippen LogP contribution in [0.1, 0.15) is 17.2 Å². The van der Waals surface area contributed by atoms with Crippen molar-refractivity contribution in [3.8, 4) is 5.75 Å². The molecule has 3 aromatic rings. The van der Waals surface area contributed by atoms with E-state index in [1.807, 2.05) is 0 Å². The molecule has 1 unspecified atom stereocenters. The van der Waals surface area contributed by atoms with E-state index in [1.165, 1.54) is 36.4 Å². The molecule has 0 bridgehead atoms. The Balaban J connectivity index is 1.37. The van der Waals surface area contributed by atoms with E-state index in [0.29, 0.717) is 37.7 Å². The zero-order valence-electron chi connectivity index (χ0n) is 20.3. The Morgan fingerprint density at radius 2 is 1.58 bits per heavy atom. The van der Waals surface area contributed by atoms with Gasteiger partial charge in [0.15, 0.2) is 0 Å². The molecule has 0 radical (unpaired) electrons. The minimum atomic E-state index is -3.01. The molecule has 0 spiro atoms. The quantitative estimate of drug-likeness (QED) is 0.316. The molecule has 2 amide bonds. The topological polar surface area (TPSA) is 54.0 Å². The molecule has 0 aromatic heterocycles. The van der Waals surface area contributed by atoms with E-state index in [9.17, 15) is 22.4 Å². The number of ether oxygens (including phenoxy) is 2. The predicted octanol–water partition coefficient (Wildman–Crippen LogP) is 6.33. The first-order valence-corrected chi connectivity index (χ1v) is 12.3. The van der Waals surface area contributed by atoms with Gasteiger partial charge in [0.2, 0.25) is 0 Å². The molecular formula is C27H26ClF4N3O3. The second-order valence-corrected chi connectivity index (χ2v) is 9.08. The van der Waals surface area contributed by atoms with Crippen molar-refractivity contribution in [3.63, 3.8) is 0 Å². The Hall–Kier alpha value is -3.34. The minimum Gasteiger partial charge on any atom is -0.433 e. The van der Waals surface area contributed by atoms with Crippen LogP contribution >= 0.6 is 11.6 Å². The van der Waals surface area contributed by atoms with Gasteiger partial charge in [0.1, 0.15) is 17.4 Å². The Bertz CT molecular complexity index is 1200. The van der Waals surface area contributed by atoms with Crippen molar-refractivity contribution in [3.05, 3.63) is 94.5 Å². The number of nitrogens with zero attached hydrogens (tertiary/aromatic N) is 2. The maximum atomic E-state index is 14.1. The molecule has 6 nitrogen and oxygen atoms in total. The van der Waals surface area contributed by atoms with Gasteiger partial charge in [0, 0.05) is 43.3 Å². The Morgan fingerprint density at radius 3 is 2.24 bits per heavy atom. The Labute approximate surface area is 222 Å². The highest BCUT2D eigenvalue weighted by molar-refractivity contribution is 6.30. The number of halogens is 5. The van der Waals surface area contributed by atoms with Gasteiger partial charge in [0.05, 0.1) is 18.4 Å². The van der Waals surface area contributed by atoms with Crippen LogP contribution in [0.25, 0.3) is 0 Å². The van der Waals surface area contributed by atoms with E-state index in [2.05, 4.69) is 15.0 Å². The molecule has 4 rings (SSSR count). The summed E-state index contributed by atoms with van der Waals surface area (Å²) in [5.41, 5.74) is 0.794. The fourth-order valence-electron chi connectivity index (χ4n) is 4.12. The molecule has 3 aromatic carbocycles. The van der Waals surface area contributed by atoms with Crippen LogP contribution < -0.4 is 10.1 Å². The van der Waals surface area contributed by atoms with Gasteiger partial charge >= 0.3 is 12.6 Å². The van der Waals surface area contributed by atoms with Crippen LogP contribution in [0.3, 0.4) is 0 Å². The van der Waals surface area contributed by atoms with Crippen LogP contribution in [0.5, 0.6) is 5.75 Å². The van der Waals surface area contributed by atoms with E-state index in [0.717, 1.165) is 5.56 Å². The molecule has 38 heavy (non-hydrogen) atoms. The Morgan fingerprint density at radius 1 is 0.921 bits per heavy atom. The number of para-hydroxylation sites is 2. The van der Waals surface area contributed by atoms with E-state index >= 15 is 0 Å². The van der Waals surface area contributed by atoms with Crippen molar-refractivity contribution >= 4 is 23.3 Å². The summed E-state index contributed by atoms with van der Waals surface area (Å²) < 4.78 is 64.1. The van der Waals surface area contributed by atoms with Crippen LogP contribution in [0.2, 0.25) is 5.02 Å². The summed E-state index contributed by atoms with van der Waals surface area (Å²) >= 11 is 6.02. The van der Waals surface area contributed by atoms with E-state index in [-0.39, 0.29) is 23.6 Å². The maximum Gasteiger partial charge on any atom is 0.387 e. The van der Waals surface area contributed by atoms with Crippen molar-refractivity contribution in [2.24, 2.45) is 0 Å². The van der Waals surface area contributed by atoms with Gasteiger partial charge in [0.25, 0.3) is 0 Å². The normalized spacial score (nSPS) is 14.9. The average Bonchev–Trinajstić information content (AvgIpc) is 2.89.